The molecule has 0 atom stereocenters. The monoisotopic (exact) mass is 548 g/mol. The van der Waals surface area contributed by atoms with E-state index < -0.39 is 5.41 Å². The van der Waals surface area contributed by atoms with E-state index >= 15 is 0 Å². The number of hydrogen-bond acceptors (Lipinski definition) is 0. The number of rotatable bonds is 4. The van der Waals surface area contributed by atoms with E-state index in [9.17, 15) is 0 Å². The third-order valence-corrected chi connectivity index (χ3v) is 9.55. The molecular weight excluding hydrogens is 516 g/mol. The Hall–Kier alpha value is -5.20. The fourth-order valence-corrected chi connectivity index (χ4v) is 7.44. The predicted molar refractivity (Wildman–Crippen MR) is 183 cm³/mol. The third kappa shape index (κ3) is 3.63. The van der Waals surface area contributed by atoms with E-state index in [4.69, 9.17) is 0 Å². The molecule has 0 saturated carbocycles. The van der Waals surface area contributed by atoms with Crippen molar-refractivity contribution in [3.63, 3.8) is 0 Å². The second-order valence-electron chi connectivity index (χ2n) is 12.0. The number of fused-ring (bicyclic) bond motifs is 10. The van der Waals surface area contributed by atoms with Gasteiger partial charge < -0.3 is 0 Å². The van der Waals surface area contributed by atoms with Crippen LogP contribution in [0.4, 0.5) is 0 Å². The van der Waals surface area contributed by atoms with Crippen molar-refractivity contribution in [2.45, 2.75) is 19.3 Å². The van der Waals surface area contributed by atoms with Crippen LogP contribution in [0.15, 0.2) is 134 Å². The second-order valence-corrected chi connectivity index (χ2v) is 12.0. The molecule has 6 aromatic rings. The molecule has 204 valence electrons. The molecule has 43 heavy (non-hydrogen) atoms. The van der Waals surface area contributed by atoms with E-state index in [1.165, 1.54) is 77.9 Å². The molecule has 2 aliphatic rings. The fraction of sp³-hybridized carbons (Fsp3) is 0.0698. The van der Waals surface area contributed by atoms with Crippen molar-refractivity contribution < 1.29 is 0 Å². The van der Waals surface area contributed by atoms with Crippen LogP contribution in [-0.4, -0.2) is 0 Å². The van der Waals surface area contributed by atoms with Crippen LogP contribution in [0, 0.1) is 13.8 Å². The summed E-state index contributed by atoms with van der Waals surface area (Å²) in [5.74, 6) is 0. The van der Waals surface area contributed by atoms with Crippen molar-refractivity contribution in [1.29, 1.82) is 0 Å². The van der Waals surface area contributed by atoms with Crippen LogP contribution in [-0.2, 0) is 5.41 Å². The summed E-state index contributed by atoms with van der Waals surface area (Å²) in [4.78, 5) is 0. The number of benzene rings is 6. The van der Waals surface area contributed by atoms with Crippen LogP contribution in [0.25, 0.3) is 56.7 Å². The quantitative estimate of drug-likeness (QED) is 0.205. The maximum absolute atomic E-state index is 3.94. The first-order valence-corrected chi connectivity index (χ1v) is 15.0. The normalized spacial score (nSPS) is 13.3. The highest BCUT2D eigenvalue weighted by Gasteiger charge is 2.52. The molecule has 0 bridgehead atoms. The van der Waals surface area contributed by atoms with Gasteiger partial charge in [0.2, 0.25) is 0 Å². The van der Waals surface area contributed by atoms with Gasteiger partial charge in [-0.25, -0.2) is 0 Å². The van der Waals surface area contributed by atoms with Gasteiger partial charge in [-0.15, -0.1) is 0 Å². The Morgan fingerprint density at radius 1 is 0.395 bits per heavy atom. The topological polar surface area (TPSA) is 0 Å². The van der Waals surface area contributed by atoms with E-state index in [2.05, 4.69) is 148 Å². The summed E-state index contributed by atoms with van der Waals surface area (Å²) in [6.45, 7) is 12.3. The molecule has 0 saturated heterocycles. The molecule has 0 aromatic heterocycles. The van der Waals surface area contributed by atoms with Gasteiger partial charge in [0.25, 0.3) is 0 Å². The molecule has 8 rings (SSSR count). The Morgan fingerprint density at radius 2 is 0.721 bits per heavy atom. The highest BCUT2D eigenvalue weighted by molar-refractivity contribution is 5.97. The molecule has 0 amide bonds. The zero-order valence-corrected chi connectivity index (χ0v) is 24.6. The minimum absolute atomic E-state index is 0.401. The number of hydrogen-bond donors (Lipinski definition) is 0. The lowest BCUT2D eigenvalue weighted by Crippen LogP contribution is -2.26. The molecule has 0 heterocycles. The maximum Gasteiger partial charge on any atom is 0.0726 e. The lowest BCUT2D eigenvalue weighted by atomic mass is 9.69. The van der Waals surface area contributed by atoms with Gasteiger partial charge in [0, 0.05) is 0 Å². The van der Waals surface area contributed by atoms with Crippen LogP contribution < -0.4 is 0 Å². The zero-order valence-electron chi connectivity index (χ0n) is 24.6. The molecule has 0 nitrogen and oxygen atoms in total. The number of aryl methyl sites for hydroxylation is 2. The Bertz CT molecular complexity index is 1950. The van der Waals surface area contributed by atoms with Crippen LogP contribution in [0.5, 0.6) is 0 Å². The largest absolute Gasteiger partial charge is 0.0985 e. The first-order valence-electron chi connectivity index (χ1n) is 15.0. The van der Waals surface area contributed by atoms with Gasteiger partial charge in [-0.05, 0) is 104 Å². The van der Waals surface area contributed by atoms with E-state index in [0.717, 1.165) is 11.1 Å². The van der Waals surface area contributed by atoms with Gasteiger partial charge >= 0.3 is 0 Å². The van der Waals surface area contributed by atoms with E-state index in [1.54, 1.807) is 0 Å². The lowest BCUT2D eigenvalue weighted by molar-refractivity contribution is 0.792. The Labute approximate surface area is 254 Å². The second kappa shape index (κ2) is 9.41. The lowest BCUT2D eigenvalue weighted by Gasteiger charge is -2.31. The van der Waals surface area contributed by atoms with Gasteiger partial charge in [0.05, 0.1) is 5.41 Å². The van der Waals surface area contributed by atoms with Crippen molar-refractivity contribution in [2.75, 3.05) is 0 Å². The summed E-state index contributed by atoms with van der Waals surface area (Å²) < 4.78 is 0. The summed E-state index contributed by atoms with van der Waals surface area (Å²) in [7, 11) is 0. The molecule has 1 spiro atoms. The summed E-state index contributed by atoms with van der Waals surface area (Å²) in [5, 5.41) is 0. The smallest absolute Gasteiger partial charge is 0.0726 e. The molecular formula is C43H32. The van der Waals surface area contributed by atoms with Gasteiger partial charge in [-0.1, -0.05) is 146 Å². The standard InChI is InChI=1S/C43H32/c1-5-29-9-13-31(14-10-29)33-17-21-37-38-22-18-34(32-15-11-30(6-2)12-16-32)26-42(38)43(41(37)25-33)39-23-27(3)7-19-35(39)36-20-8-28(4)24-40(36)43/h5-26H,1-2H2,3-4H3. The van der Waals surface area contributed by atoms with Crippen LogP contribution in [0.3, 0.4) is 0 Å². The molecule has 0 radical (unpaired) electrons. The van der Waals surface area contributed by atoms with Crippen molar-refractivity contribution in [3.8, 4) is 44.5 Å². The first kappa shape index (κ1) is 25.5. The van der Waals surface area contributed by atoms with Crippen molar-refractivity contribution >= 4 is 12.2 Å². The highest BCUT2D eigenvalue weighted by Crippen LogP contribution is 2.63. The maximum atomic E-state index is 3.94. The predicted octanol–water partition coefficient (Wildman–Crippen LogP) is 11.3. The minimum atomic E-state index is -0.401. The Morgan fingerprint density at radius 3 is 1.09 bits per heavy atom. The molecule has 0 heteroatoms. The van der Waals surface area contributed by atoms with Crippen molar-refractivity contribution in [2.24, 2.45) is 0 Å². The SMILES string of the molecule is C=Cc1ccc(-c2ccc3c(c2)C2(c4cc(C)ccc4-c4ccc(C)cc42)c2cc(-c4ccc(C=C)cc4)ccc2-3)cc1. The molecule has 0 fully saturated rings. The van der Waals surface area contributed by atoms with E-state index in [0.29, 0.717) is 0 Å². The van der Waals surface area contributed by atoms with Crippen LogP contribution in [0.1, 0.15) is 44.5 Å². The summed E-state index contributed by atoms with van der Waals surface area (Å²) in [5.41, 5.74) is 20.1. The highest BCUT2D eigenvalue weighted by atomic mass is 14.5. The fourth-order valence-electron chi connectivity index (χ4n) is 7.44. The van der Waals surface area contributed by atoms with E-state index in [1.807, 2.05) is 12.2 Å². The van der Waals surface area contributed by atoms with E-state index in [-0.39, 0.29) is 0 Å². The summed E-state index contributed by atoms with van der Waals surface area (Å²) >= 11 is 0. The van der Waals surface area contributed by atoms with Gasteiger partial charge in [-0.3, -0.25) is 0 Å². The first-order chi connectivity index (χ1) is 21.0. The molecule has 0 N–H and O–H groups in total. The van der Waals surface area contributed by atoms with Crippen molar-refractivity contribution in [3.05, 3.63) is 179 Å². The Balaban J connectivity index is 1.46. The average molecular weight is 549 g/mol. The zero-order chi connectivity index (χ0) is 29.3. The molecule has 0 aliphatic heterocycles. The van der Waals surface area contributed by atoms with Crippen LogP contribution in [0.2, 0.25) is 0 Å². The summed E-state index contributed by atoms with van der Waals surface area (Å²) in [6.07, 6.45) is 3.80. The molecule has 6 aromatic carbocycles. The average Bonchev–Trinajstić information content (AvgIpc) is 3.50. The van der Waals surface area contributed by atoms with Gasteiger partial charge in [0.15, 0.2) is 0 Å². The van der Waals surface area contributed by atoms with Crippen LogP contribution >= 0.6 is 0 Å². The minimum Gasteiger partial charge on any atom is -0.0985 e. The third-order valence-electron chi connectivity index (χ3n) is 9.55. The summed E-state index contributed by atoms with van der Waals surface area (Å²) in [6, 6.07) is 45.7. The van der Waals surface area contributed by atoms with Gasteiger partial charge in [0.1, 0.15) is 0 Å². The van der Waals surface area contributed by atoms with Gasteiger partial charge in [-0.2, -0.15) is 0 Å². The molecule has 2 aliphatic carbocycles. The Kier molecular flexibility index (Phi) is 5.58. The van der Waals surface area contributed by atoms with Crippen molar-refractivity contribution in [1.82, 2.24) is 0 Å². The molecule has 0 unspecified atom stereocenters.